The summed E-state index contributed by atoms with van der Waals surface area (Å²) in [6.45, 7) is 5.99. The SMILES string of the molecule is CNC(=O)[C@@H](O)C(Cc1ccccc1)C(=O)N[C@H]1CCCCNC(=O)[C@H](CS)NC(=O)[C@H](Cc2ccccc2)NC(=O)[C@H](C)N(C)C(=O)[C@H](C)NC(=O)[C@H](Cc2ccccc2)N(C)C(=O)CN(C)C(=O)[C@H](Cc2ccccc2)NC(=O)[C@H](CC(C)C)N(C)C1=O. The number of hydrogen-bond donors (Lipinski definition) is 9. The zero-order valence-electron chi connectivity index (χ0n) is 52.9. The van der Waals surface area contributed by atoms with Crippen LogP contribution in [0.15, 0.2) is 121 Å². The Hall–Kier alpha value is -8.64. The third kappa shape index (κ3) is 21.3. The predicted octanol–water partition coefficient (Wildman–Crippen LogP) is 1.36. The molecule has 1 fully saturated rings. The third-order valence-electron chi connectivity index (χ3n) is 16.0. The highest BCUT2D eigenvalue weighted by atomic mass is 32.1. The van der Waals surface area contributed by atoms with E-state index < -0.39 is 132 Å². The first-order valence-electron chi connectivity index (χ1n) is 30.3. The molecule has 0 aliphatic carbocycles. The lowest BCUT2D eigenvalue weighted by Crippen LogP contribution is -2.59. The number of amides is 11. The highest BCUT2D eigenvalue weighted by Crippen LogP contribution is 2.20. The van der Waals surface area contributed by atoms with Gasteiger partial charge in [0.05, 0.1) is 12.5 Å². The van der Waals surface area contributed by atoms with E-state index in [1.807, 2.05) is 13.8 Å². The molecule has 4 aromatic carbocycles. The molecule has 90 heavy (non-hydrogen) atoms. The van der Waals surface area contributed by atoms with Crippen molar-refractivity contribution in [1.82, 2.24) is 56.8 Å². The number of hydrogen-bond acceptors (Lipinski definition) is 13. The molecule has 11 amide bonds. The van der Waals surface area contributed by atoms with Crippen LogP contribution < -0.4 is 37.2 Å². The molecule has 1 saturated heterocycles. The molecule has 10 atom stereocenters. The van der Waals surface area contributed by atoms with E-state index >= 15 is 4.79 Å². The van der Waals surface area contributed by atoms with Crippen molar-refractivity contribution in [3.05, 3.63) is 144 Å². The second kappa shape index (κ2) is 35.5. The van der Waals surface area contributed by atoms with Crippen molar-refractivity contribution < 1.29 is 57.8 Å². The fourth-order valence-corrected chi connectivity index (χ4v) is 10.7. The number of nitrogens with zero attached hydrogens (tertiary/aromatic N) is 4. The van der Waals surface area contributed by atoms with Gasteiger partial charge in [-0.15, -0.1) is 0 Å². The van der Waals surface area contributed by atoms with E-state index in [4.69, 9.17) is 0 Å². The molecule has 0 spiro atoms. The number of nitrogens with one attached hydrogen (secondary N) is 7. The summed E-state index contributed by atoms with van der Waals surface area (Å²) in [6.07, 6.45) is -1.64. The second-order valence-electron chi connectivity index (χ2n) is 23.3. The van der Waals surface area contributed by atoms with Crippen molar-refractivity contribution in [2.24, 2.45) is 11.8 Å². The number of carbonyl (C=O) groups is 11. The Kier molecular flexibility index (Phi) is 28.5. The number of aliphatic hydroxyl groups excluding tert-OH is 1. The third-order valence-corrected chi connectivity index (χ3v) is 16.4. The van der Waals surface area contributed by atoms with Gasteiger partial charge >= 0.3 is 0 Å². The minimum absolute atomic E-state index is 0.00978. The van der Waals surface area contributed by atoms with E-state index in [0.29, 0.717) is 22.3 Å². The van der Waals surface area contributed by atoms with Crippen LogP contribution in [0.2, 0.25) is 0 Å². The second-order valence-corrected chi connectivity index (χ2v) is 23.7. The fraction of sp³-hybridized carbons (Fsp3) is 0.470. The van der Waals surface area contributed by atoms with Gasteiger partial charge in [0.1, 0.15) is 54.4 Å². The molecule has 23 nitrogen and oxygen atoms in total. The Labute approximate surface area is 533 Å². The molecule has 0 radical (unpaired) electrons. The van der Waals surface area contributed by atoms with Crippen LogP contribution in [0.5, 0.6) is 0 Å². The molecule has 4 aromatic rings. The number of rotatable bonds is 15. The maximum Gasteiger partial charge on any atom is 0.249 e. The van der Waals surface area contributed by atoms with Crippen molar-refractivity contribution in [2.75, 3.05) is 54.1 Å². The minimum atomic E-state index is -1.85. The number of carbonyl (C=O) groups excluding carboxylic acids is 11. The molecule has 1 unspecified atom stereocenters. The molecule has 486 valence electrons. The smallest absolute Gasteiger partial charge is 0.249 e. The molecule has 5 rings (SSSR count). The molecule has 1 heterocycles. The summed E-state index contributed by atoms with van der Waals surface area (Å²) >= 11 is 4.37. The van der Waals surface area contributed by atoms with Gasteiger partial charge in [-0.25, -0.2) is 0 Å². The van der Waals surface area contributed by atoms with Crippen LogP contribution in [0.3, 0.4) is 0 Å². The summed E-state index contributed by atoms with van der Waals surface area (Å²) in [4.78, 5) is 162. The fourth-order valence-electron chi connectivity index (χ4n) is 10.4. The summed E-state index contributed by atoms with van der Waals surface area (Å²) < 4.78 is 0. The van der Waals surface area contributed by atoms with Gasteiger partial charge in [-0.3, -0.25) is 52.7 Å². The van der Waals surface area contributed by atoms with Crippen LogP contribution in [0.4, 0.5) is 0 Å². The molecule has 1 aliphatic rings. The van der Waals surface area contributed by atoms with Crippen LogP contribution in [0, 0.1) is 11.8 Å². The van der Waals surface area contributed by atoms with Gasteiger partial charge in [-0.2, -0.15) is 12.6 Å². The van der Waals surface area contributed by atoms with Gasteiger partial charge in [0, 0.05) is 66.8 Å². The van der Waals surface area contributed by atoms with Crippen LogP contribution in [-0.2, 0) is 78.4 Å². The van der Waals surface area contributed by atoms with E-state index in [1.54, 1.807) is 121 Å². The maximum absolute atomic E-state index is 15.1. The van der Waals surface area contributed by atoms with E-state index in [2.05, 4.69) is 49.8 Å². The van der Waals surface area contributed by atoms with E-state index in [1.165, 1.54) is 58.9 Å². The zero-order valence-corrected chi connectivity index (χ0v) is 53.7. The van der Waals surface area contributed by atoms with E-state index in [-0.39, 0.29) is 69.6 Å². The van der Waals surface area contributed by atoms with Crippen LogP contribution in [0.1, 0.15) is 75.6 Å². The van der Waals surface area contributed by atoms with Gasteiger partial charge in [0.25, 0.3) is 0 Å². The highest BCUT2D eigenvalue weighted by Gasteiger charge is 2.40. The van der Waals surface area contributed by atoms with Gasteiger partial charge in [-0.1, -0.05) is 135 Å². The Balaban J connectivity index is 1.56. The van der Waals surface area contributed by atoms with Gasteiger partial charge < -0.3 is 61.9 Å². The van der Waals surface area contributed by atoms with Crippen LogP contribution in [0.25, 0.3) is 0 Å². The molecular weight excluding hydrogens is 1170 g/mol. The van der Waals surface area contributed by atoms with Crippen molar-refractivity contribution >= 4 is 77.6 Å². The van der Waals surface area contributed by atoms with Crippen molar-refractivity contribution in [3.63, 3.8) is 0 Å². The molecule has 0 bridgehead atoms. The van der Waals surface area contributed by atoms with Crippen molar-refractivity contribution in [2.45, 2.75) is 134 Å². The summed E-state index contributed by atoms with van der Waals surface area (Å²) in [5.41, 5.74) is 2.59. The predicted molar refractivity (Wildman–Crippen MR) is 343 cm³/mol. The van der Waals surface area contributed by atoms with Gasteiger partial charge in [0.2, 0.25) is 65.0 Å². The average molecular weight is 1260 g/mol. The summed E-state index contributed by atoms with van der Waals surface area (Å²) in [7, 11) is 6.85. The zero-order chi connectivity index (χ0) is 66.2. The first kappa shape index (κ1) is 72.1. The Morgan fingerprint density at radius 3 is 1.60 bits per heavy atom. The largest absolute Gasteiger partial charge is 0.382 e. The van der Waals surface area contributed by atoms with Gasteiger partial charge in [-0.05, 0) is 74.1 Å². The number of benzene rings is 4. The number of likely N-dealkylation sites (N-methyl/N-ethyl adjacent to an activating group) is 5. The lowest BCUT2D eigenvalue weighted by Gasteiger charge is -2.34. The average Bonchev–Trinajstić information content (AvgIpc) is 3.57. The number of thiol groups is 1. The van der Waals surface area contributed by atoms with Crippen molar-refractivity contribution in [1.29, 1.82) is 0 Å². The normalized spacial score (nSPS) is 23.1. The first-order chi connectivity index (χ1) is 42.8. The summed E-state index contributed by atoms with van der Waals surface area (Å²) in [5, 5.41) is 30.3. The lowest BCUT2D eigenvalue weighted by atomic mass is 9.91. The van der Waals surface area contributed by atoms with Gasteiger partial charge in [0.15, 0.2) is 0 Å². The minimum Gasteiger partial charge on any atom is -0.382 e. The molecule has 0 aromatic heterocycles. The van der Waals surface area contributed by atoms with Crippen LogP contribution in [-0.4, -0.2) is 198 Å². The molecular formula is C66H89N11O12S. The standard InChI is InChI=1S/C66H89N11O12S/c1-41(2)34-53-62(85)72-51(37-46-28-18-12-19-29-46)65(88)74(6)39-55(78)76(8)54(38-47-30-20-13-21-31-47)61(84)69-42(3)64(87)75(7)43(4)57(80)71-50(36-45-26-16-11-17-27-45)60(83)73-52(40-90)59(82)68-33-23-22-32-49(66(89)77(53)9)70-58(81)48(56(79)63(86)67-5)35-44-24-14-10-15-25-44/h10-21,24-31,41-43,48-54,56,79,90H,22-23,32-40H2,1-9H3,(H,67,86)(H,68,82)(H,69,84)(H,70,81)(H,71,80)(H,72,85)(H,73,83)/t42-,43-,48?,49-,50-,51-,52-,53-,54-,56-/m0/s1. The topological polar surface area (TPSA) is 305 Å². The lowest BCUT2D eigenvalue weighted by molar-refractivity contribution is -0.146. The molecule has 8 N–H and O–H groups in total. The Morgan fingerprint density at radius 1 is 0.567 bits per heavy atom. The van der Waals surface area contributed by atoms with E-state index in [0.717, 1.165) is 9.80 Å². The van der Waals surface area contributed by atoms with Crippen LogP contribution >= 0.6 is 12.6 Å². The Morgan fingerprint density at radius 2 is 1.07 bits per heavy atom. The molecule has 1 aliphatic heterocycles. The van der Waals surface area contributed by atoms with E-state index in [9.17, 15) is 53.1 Å². The monoisotopic (exact) mass is 1260 g/mol. The highest BCUT2D eigenvalue weighted by molar-refractivity contribution is 7.80. The first-order valence-corrected chi connectivity index (χ1v) is 31.0. The summed E-state index contributed by atoms with van der Waals surface area (Å²) in [6, 6.07) is 25.0. The summed E-state index contributed by atoms with van der Waals surface area (Å²) in [5.74, 6) is -9.78. The number of aliphatic hydroxyl groups is 1. The molecule has 0 saturated carbocycles. The maximum atomic E-state index is 15.1. The molecule has 24 heteroatoms. The quantitative estimate of drug-likeness (QED) is 0.0763. The Bertz CT molecular complexity index is 3070. The van der Waals surface area contributed by atoms with Crippen molar-refractivity contribution in [3.8, 4) is 0 Å².